The second-order valence-electron chi connectivity index (χ2n) is 9.41. The van der Waals surface area contributed by atoms with E-state index >= 15 is 0 Å². The number of aliphatic hydroxyl groups excluding tert-OH is 1. The van der Waals surface area contributed by atoms with Crippen molar-refractivity contribution in [2.45, 2.75) is 63.6 Å². The van der Waals surface area contributed by atoms with Crippen LogP contribution < -0.4 is 0 Å². The van der Waals surface area contributed by atoms with Crippen molar-refractivity contribution >= 4 is 29.1 Å². The van der Waals surface area contributed by atoms with Crippen LogP contribution in [0.15, 0.2) is 36.4 Å². The van der Waals surface area contributed by atoms with E-state index in [1.54, 1.807) is 23.1 Å². The minimum Gasteiger partial charge on any atom is -0.394 e. The second kappa shape index (κ2) is 8.40. The molecule has 1 aliphatic carbocycles. The Balaban J connectivity index is 1.64. The predicted octanol–water partition coefficient (Wildman–Crippen LogP) is 4.92. The minimum absolute atomic E-state index is 0.0950. The van der Waals surface area contributed by atoms with E-state index in [0.29, 0.717) is 27.9 Å². The third kappa shape index (κ3) is 4.23. The van der Waals surface area contributed by atoms with E-state index in [4.69, 9.17) is 23.2 Å². The molecule has 166 valence electrons. The molecule has 0 bridgehead atoms. The van der Waals surface area contributed by atoms with Crippen molar-refractivity contribution < 1.29 is 15.0 Å². The Kier molecular flexibility index (Phi) is 6.12. The number of halogens is 2. The number of aliphatic hydroxyl groups is 2. The fourth-order valence-corrected chi connectivity index (χ4v) is 5.76. The van der Waals surface area contributed by atoms with Crippen LogP contribution in [0.3, 0.4) is 0 Å². The number of benzene rings is 2. The molecule has 0 aromatic heterocycles. The summed E-state index contributed by atoms with van der Waals surface area (Å²) >= 11 is 12.6. The quantitative estimate of drug-likeness (QED) is 0.664. The van der Waals surface area contributed by atoms with Gasteiger partial charge in [-0.05, 0) is 79.8 Å². The maximum absolute atomic E-state index is 13.3. The third-order valence-electron chi connectivity index (χ3n) is 6.93. The predicted molar refractivity (Wildman–Crippen MR) is 124 cm³/mol. The van der Waals surface area contributed by atoms with E-state index in [2.05, 4.69) is 12.1 Å². The van der Waals surface area contributed by atoms with Gasteiger partial charge in [0.2, 0.25) is 5.91 Å². The number of carbonyl (C=O) groups excluding carboxylic acids is 1. The summed E-state index contributed by atoms with van der Waals surface area (Å²) in [4.78, 5) is 15.1. The van der Waals surface area contributed by atoms with Crippen molar-refractivity contribution in [1.29, 1.82) is 0 Å². The summed E-state index contributed by atoms with van der Waals surface area (Å²) < 4.78 is 0. The van der Waals surface area contributed by atoms with Crippen molar-refractivity contribution in [2.24, 2.45) is 5.92 Å². The molecule has 0 spiro atoms. The van der Waals surface area contributed by atoms with E-state index in [9.17, 15) is 15.0 Å². The molecule has 6 heteroatoms. The highest BCUT2D eigenvalue weighted by Crippen LogP contribution is 2.55. The van der Waals surface area contributed by atoms with Gasteiger partial charge in [0.15, 0.2) is 0 Å². The molecule has 4 nitrogen and oxygen atoms in total. The zero-order valence-electron chi connectivity index (χ0n) is 18.1. The maximum atomic E-state index is 13.3. The molecular weight excluding hydrogens is 433 g/mol. The summed E-state index contributed by atoms with van der Waals surface area (Å²) in [5.41, 5.74) is 3.48. The lowest BCUT2D eigenvalue weighted by atomic mass is 9.83. The lowest BCUT2D eigenvalue weighted by Gasteiger charge is -2.42. The Morgan fingerprint density at radius 1 is 1.13 bits per heavy atom. The number of amides is 1. The first kappa shape index (κ1) is 22.6. The number of hydrogen-bond donors (Lipinski definition) is 2. The Bertz CT molecular complexity index is 980. The number of fused-ring (bicyclic) bond motifs is 1. The number of hydrogen-bond acceptors (Lipinski definition) is 3. The largest absolute Gasteiger partial charge is 0.394 e. The van der Waals surface area contributed by atoms with E-state index in [-0.39, 0.29) is 36.9 Å². The lowest BCUT2D eigenvalue weighted by Crippen LogP contribution is -2.49. The summed E-state index contributed by atoms with van der Waals surface area (Å²) in [6.07, 6.45) is 1.66. The molecule has 2 aliphatic rings. The Morgan fingerprint density at radius 2 is 1.74 bits per heavy atom. The third-order valence-corrected chi connectivity index (χ3v) is 7.64. The fourth-order valence-electron chi connectivity index (χ4n) is 5.23. The molecule has 2 aromatic carbocycles. The van der Waals surface area contributed by atoms with Gasteiger partial charge in [0.25, 0.3) is 0 Å². The minimum atomic E-state index is -0.708. The molecule has 1 fully saturated rings. The van der Waals surface area contributed by atoms with Gasteiger partial charge in [-0.25, -0.2) is 0 Å². The van der Waals surface area contributed by atoms with E-state index in [1.165, 1.54) is 11.1 Å². The standard InChI is InChI=1S/C25H29Cl2NO3/c1-14-16-6-4-7-17(19-11-21(19)25(2,3)31)18(16)10-15(13-29)28(14)24(30)12-20-22(26)8-5-9-23(20)27/h4-9,14-15,19,21,29,31H,10-13H2,1-3H3/t14-,15+,19+,21-/m0/s1. The summed E-state index contributed by atoms with van der Waals surface area (Å²) in [5, 5.41) is 21.5. The average molecular weight is 462 g/mol. The van der Waals surface area contributed by atoms with Crippen molar-refractivity contribution in [1.82, 2.24) is 4.90 Å². The highest BCUT2D eigenvalue weighted by atomic mass is 35.5. The van der Waals surface area contributed by atoms with Crippen LogP contribution in [0.2, 0.25) is 10.0 Å². The molecule has 0 unspecified atom stereocenters. The smallest absolute Gasteiger partial charge is 0.227 e. The lowest BCUT2D eigenvalue weighted by molar-refractivity contribution is -0.137. The van der Waals surface area contributed by atoms with Crippen LogP contribution in [0.25, 0.3) is 0 Å². The number of carbonyl (C=O) groups is 1. The summed E-state index contributed by atoms with van der Waals surface area (Å²) in [6, 6.07) is 11.0. The van der Waals surface area contributed by atoms with E-state index < -0.39 is 5.60 Å². The Labute approximate surface area is 193 Å². The van der Waals surface area contributed by atoms with Gasteiger partial charge in [0.05, 0.1) is 30.7 Å². The van der Waals surface area contributed by atoms with Gasteiger partial charge in [0, 0.05) is 10.0 Å². The molecule has 0 saturated heterocycles. The van der Waals surface area contributed by atoms with Gasteiger partial charge in [-0.1, -0.05) is 47.5 Å². The summed E-state index contributed by atoms with van der Waals surface area (Å²) in [7, 11) is 0. The van der Waals surface area contributed by atoms with Crippen LogP contribution in [0.5, 0.6) is 0 Å². The SMILES string of the molecule is C[C@H]1c2cccc([C@H]3C[C@@H]3C(C)(C)O)c2C[C@H](CO)N1C(=O)Cc1c(Cl)cccc1Cl. The van der Waals surface area contributed by atoms with E-state index in [0.717, 1.165) is 12.0 Å². The average Bonchev–Trinajstić information content (AvgIpc) is 3.51. The molecule has 2 aromatic rings. The fraction of sp³-hybridized carbons (Fsp3) is 0.480. The first-order valence-corrected chi connectivity index (χ1v) is 11.6. The van der Waals surface area contributed by atoms with Crippen LogP contribution in [0.1, 0.15) is 61.4 Å². The zero-order chi connectivity index (χ0) is 22.5. The van der Waals surface area contributed by atoms with Gasteiger partial charge in [-0.2, -0.15) is 0 Å². The van der Waals surface area contributed by atoms with Crippen LogP contribution >= 0.6 is 23.2 Å². The highest BCUT2D eigenvalue weighted by molar-refractivity contribution is 6.36. The Hall–Kier alpha value is -1.59. The van der Waals surface area contributed by atoms with Crippen LogP contribution in [-0.4, -0.2) is 39.3 Å². The molecule has 4 atom stereocenters. The monoisotopic (exact) mass is 461 g/mol. The molecule has 1 heterocycles. The molecule has 1 aliphatic heterocycles. The molecule has 0 radical (unpaired) electrons. The molecule has 1 amide bonds. The normalized spacial score (nSPS) is 25.3. The van der Waals surface area contributed by atoms with Crippen LogP contribution in [0.4, 0.5) is 0 Å². The second-order valence-corrected chi connectivity index (χ2v) is 10.2. The maximum Gasteiger partial charge on any atom is 0.227 e. The molecule has 31 heavy (non-hydrogen) atoms. The van der Waals surface area contributed by atoms with Gasteiger partial charge >= 0.3 is 0 Å². The summed E-state index contributed by atoms with van der Waals surface area (Å²) in [5.74, 6) is 0.466. The van der Waals surface area contributed by atoms with Gasteiger partial charge in [0.1, 0.15) is 0 Å². The van der Waals surface area contributed by atoms with Crippen molar-refractivity contribution in [3.8, 4) is 0 Å². The number of nitrogens with zero attached hydrogens (tertiary/aromatic N) is 1. The molecule has 2 N–H and O–H groups in total. The Morgan fingerprint density at radius 3 is 2.32 bits per heavy atom. The van der Waals surface area contributed by atoms with Crippen LogP contribution in [-0.2, 0) is 17.6 Å². The molecule has 1 saturated carbocycles. The first-order valence-electron chi connectivity index (χ1n) is 10.8. The first-order chi connectivity index (χ1) is 14.6. The van der Waals surface area contributed by atoms with Crippen LogP contribution in [0, 0.1) is 5.92 Å². The zero-order valence-corrected chi connectivity index (χ0v) is 19.6. The van der Waals surface area contributed by atoms with Gasteiger partial charge in [-0.3, -0.25) is 4.79 Å². The molecular formula is C25H29Cl2NO3. The molecule has 4 rings (SSSR count). The highest BCUT2D eigenvalue weighted by Gasteiger charge is 2.49. The van der Waals surface area contributed by atoms with Crippen molar-refractivity contribution in [3.63, 3.8) is 0 Å². The number of rotatable bonds is 5. The van der Waals surface area contributed by atoms with E-state index in [1.807, 2.05) is 26.8 Å². The van der Waals surface area contributed by atoms with Crippen molar-refractivity contribution in [3.05, 3.63) is 68.7 Å². The van der Waals surface area contributed by atoms with Gasteiger partial charge in [-0.15, -0.1) is 0 Å². The van der Waals surface area contributed by atoms with Gasteiger partial charge < -0.3 is 15.1 Å². The topological polar surface area (TPSA) is 60.8 Å². The van der Waals surface area contributed by atoms with Crippen molar-refractivity contribution in [2.75, 3.05) is 6.61 Å². The summed E-state index contributed by atoms with van der Waals surface area (Å²) in [6.45, 7) is 5.63.